The lowest BCUT2D eigenvalue weighted by molar-refractivity contribution is -0.160. The van der Waals surface area contributed by atoms with Gasteiger partial charge in [0, 0.05) is 26.4 Å². The Morgan fingerprint density at radius 1 is 1.18 bits per heavy atom. The Hall–Kier alpha value is -3.89. The number of aromatic nitrogens is 4. The van der Waals surface area contributed by atoms with Crippen molar-refractivity contribution in [3.63, 3.8) is 0 Å². The van der Waals surface area contributed by atoms with Gasteiger partial charge in [-0.2, -0.15) is 18.3 Å². The number of allylic oxidation sites excluding steroid dienone is 4. The normalized spacial score (nSPS) is 16.2. The molecule has 0 aliphatic heterocycles. The fourth-order valence-corrected chi connectivity index (χ4v) is 3.78. The van der Waals surface area contributed by atoms with Gasteiger partial charge in [0.25, 0.3) is 5.56 Å². The predicted molar refractivity (Wildman–Crippen MR) is 117 cm³/mol. The molecular formula is C22H20F3N5O3. The zero-order valence-electron chi connectivity index (χ0n) is 17.8. The standard InChI is InChI=1S/C22H20F3N5O3/c1-28-16-8-3-5-13(19(16)20(32)29(2)21(28)33)11-18(31)26-17-9-10-30(27-17)15-7-4-6-14(12-15)22(23,24)25/h3-5,7-10,12,14H,6,11H2,1-2H3,(H,26,27,31). The Kier molecular flexibility index (Phi) is 5.56. The maximum atomic E-state index is 13.0. The van der Waals surface area contributed by atoms with Gasteiger partial charge in [-0.15, -0.1) is 0 Å². The Labute approximate surface area is 185 Å². The Morgan fingerprint density at radius 3 is 2.67 bits per heavy atom. The number of nitrogens with zero attached hydrogens (tertiary/aromatic N) is 4. The SMILES string of the molecule is Cn1c(=O)c2c(CC(=O)Nc3ccn(C4=CC(C(F)(F)F)CC=C4)n3)cccc2n(C)c1=O. The molecule has 1 N–H and O–H groups in total. The molecule has 0 saturated heterocycles. The lowest BCUT2D eigenvalue weighted by Gasteiger charge is -2.19. The number of amides is 1. The third kappa shape index (κ3) is 4.26. The molecule has 0 bridgehead atoms. The highest BCUT2D eigenvalue weighted by Crippen LogP contribution is 2.34. The van der Waals surface area contributed by atoms with Crippen molar-refractivity contribution in [1.82, 2.24) is 18.9 Å². The van der Waals surface area contributed by atoms with E-state index in [0.29, 0.717) is 11.1 Å². The number of anilines is 1. The number of fused-ring (bicyclic) bond motifs is 1. The van der Waals surface area contributed by atoms with Gasteiger partial charge in [0.05, 0.1) is 28.9 Å². The second kappa shape index (κ2) is 8.23. The van der Waals surface area contributed by atoms with Gasteiger partial charge in [0.2, 0.25) is 5.91 Å². The lowest BCUT2D eigenvalue weighted by atomic mass is 9.99. The van der Waals surface area contributed by atoms with E-state index >= 15 is 0 Å². The molecule has 8 nitrogen and oxygen atoms in total. The van der Waals surface area contributed by atoms with Gasteiger partial charge < -0.3 is 5.32 Å². The minimum atomic E-state index is -4.35. The number of aryl methyl sites for hydroxylation is 1. The summed E-state index contributed by atoms with van der Waals surface area (Å²) in [6.45, 7) is 0. The number of hydrogen-bond acceptors (Lipinski definition) is 4. The second-order valence-corrected chi connectivity index (χ2v) is 7.77. The highest BCUT2D eigenvalue weighted by Gasteiger charge is 2.38. The molecular weight excluding hydrogens is 439 g/mol. The van der Waals surface area contributed by atoms with Crippen LogP contribution >= 0.6 is 0 Å². The summed E-state index contributed by atoms with van der Waals surface area (Å²) < 4.78 is 42.6. The van der Waals surface area contributed by atoms with E-state index in [1.165, 1.54) is 40.7 Å². The summed E-state index contributed by atoms with van der Waals surface area (Å²) in [7, 11) is 2.91. The third-order valence-electron chi connectivity index (χ3n) is 5.53. The van der Waals surface area contributed by atoms with E-state index in [1.54, 1.807) is 25.2 Å². The molecule has 1 amide bonds. The first kappa shape index (κ1) is 22.3. The second-order valence-electron chi connectivity index (χ2n) is 7.77. The monoisotopic (exact) mass is 459 g/mol. The summed E-state index contributed by atoms with van der Waals surface area (Å²) in [6, 6.07) is 6.37. The molecule has 172 valence electrons. The number of rotatable bonds is 4. The highest BCUT2D eigenvalue weighted by molar-refractivity contribution is 5.94. The van der Waals surface area contributed by atoms with Crippen molar-refractivity contribution in [3.8, 4) is 0 Å². The first-order valence-electron chi connectivity index (χ1n) is 10.0. The molecule has 1 atom stereocenters. The quantitative estimate of drug-likeness (QED) is 0.650. The van der Waals surface area contributed by atoms with Crippen LogP contribution in [0.1, 0.15) is 12.0 Å². The predicted octanol–water partition coefficient (Wildman–Crippen LogP) is 2.59. The molecule has 1 aromatic carbocycles. The average molecular weight is 459 g/mol. The van der Waals surface area contributed by atoms with Crippen LogP contribution in [-0.2, 0) is 25.3 Å². The van der Waals surface area contributed by atoms with Gasteiger partial charge >= 0.3 is 11.9 Å². The Bertz CT molecular complexity index is 1430. The minimum Gasteiger partial charge on any atom is -0.309 e. The largest absolute Gasteiger partial charge is 0.395 e. The van der Waals surface area contributed by atoms with Crippen molar-refractivity contribution in [2.75, 3.05) is 5.32 Å². The molecule has 11 heteroatoms. The summed E-state index contributed by atoms with van der Waals surface area (Å²) in [5, 5.41) is 7.00. The van der Waals surface area contributed by atoms with Gasteiger partial charge in [-0.25, -0.2) is 9.48 Å². The van der Waals surface area contributed by atoms with E-state index in [2.05, 4.69) is 10.4 Å². The van der Waals surface area contributed by atoms with Crippen LogP contribution in [0.15, 0.2) is 58.3 Å². The molecule has 1 aliphatic carbocycles. The van der Waals surface area contributed by atoms with Crippen molar-refractivity contribution in [3.05, 3.63) is 75.1 Å². The first-order chi connectivity index (χ1) is 15.6. The summed E-state index contributed by atoms with van der Waals surface area (Å²) in [6.07, 6.45) is 0.880. The van der Waals surface area contributed by atoms with Crippen molar-refractivity contribution < 1.29 is 18.0 Å². The summed E-state index contributed by atoms with van der Waals surface area (Å²) in [5.74, 6) is -1.90. The van der Waals surface area contributed by atoms with Crippen LogP contribution in [0.4, 0.5) is 19.0 Å². The maximum Gasteiger partial charge on any atom is 0.395 e. The average Bonchev–Trinajstić information content (AvgIpc) is 3.24. The van der Waals surface area contributed by atoms with Crippen molar-refractivity contribution >= 4 is 28.3 Å². The van der Waals surface area contributed by atoms with Crippen LogP contribution in [0.25, 0.3) is 16.6 Å². The minimum absolute atomic E-state index is 0.131. The van der Waals surface area contributed by atoms with Gasteiger partial charge in [-0.05, 0) is 30.2 Å². The number of carbonyl (C=O) groups excluding carboxylic acids is 1. The first-order valence-corrected chi connectivity index (χ1v) is 10.0. The molecule has 0 spiro atoms. The number of alkyl halides is 3. The van der Waals surface area contributed by atoms with Crippen LogP contribution < -0.4 is 16.6 Å². The van der Waals surface area contributed by atoms with Crippen LogP contribution in [0.3, 0.4) is 0 Å². The van der Waals surface area contributed by atoms with E-state index in [9.17, 15) is 27.6 Å². The number of benzene rings is 1. The van der Waals surface area contributed by atoms with Crippen molar-refractivity contribution in [2.45, 2.75) is 19.0 Å². The van der Waals surface area contributed by atoms with Crippen LogP contribution in [0.2, 0.25) is 0 Å². The molecule has 0 fully saturated rings. The molecule has 0 saturated carbocycles. The maximum absolute atomic E-state index is 13.0. The van der Waals surface area contributed by atoms with Gasteiger partial charge in [0.1, 0.15) is 0 Å². The number of carbonyl (C=O) groups is 1. The molecule has 33 heavy (non-hydrogen) atoms. The topological polar surface area (TPSA) is 90.9 Å². The Morgan fingerprint density at radius 2 is 1.94 bits per heavy atom. The smallest absolute Gasteiger partial charge is 0.309 e. The molecule has 4 rings (SSSR count). The molecule has 0 radical (unpaired) electrons. The summed E-state index contributed by atoms with van der Waals surface area (Å²) >= 11 is 0. The van der Waals surface area contributed by atoms with E-state index in [4.69, 9.17) is 0 Å². The van der Waals surface area contributed by atoms with Crippen molar-refractivity contribution in [1.29, 1.82) is 0 Å². The molecule has 2 aromatic heterocycles. The zero-order chi connectivity index (χ0) is 23.9. The van der Waals surface area contributed by atoms with Crippen LogP contribution in [-0.4, -0.2) is 31.0 Å². The van der Waals surface area contributed by atoms with Crippen molar-refractivity contribution in [2.24, 2.45) is 20.0 Å². The highest BCUT2D eigenvalue weighted by atomic mass is 19.4. The molecule has 1 aliphatic rings. The van der Waals surface area contributed by atoms with E-state index < -0.39 is 29.3 Å². The third-order valence-corrected chi connectivity index (χ3v) is 5.53. The van der Waals surface area contributed by atoms with Crippen LogP contribution in [0.5, 0.6) is 0 Å². The van der Waals surface area contributed by atoms with Crippen LogP contribution in [0, 0.1) is 5.92 Å². The van der Waals surface area contributed by atoms with Gasteiger partial charge in [-0.1, -0.05) is 18.2 Å². The molecule has 1 unspecified atom stereocenters. The Balaban J connectivity index is 1.56. The van der Waals surface area contributed by atoms with Gasteiger partial charge in [0.15, 0.2) is 5.82 Å². The van der Waals surface area contributed by atoms with E-state index in [-0.39, 0.29) is 29.7 Å². The number of halogens is 3. The molecule has 2 heterocycles. The molecule has 3 aromatic rings. The fraction of sp³-hybridized carbons (Fsp3) is 0.273. The zero-order valence-corrected chi connectivity index (χ0v) is 17.8. The van der Waals surface area contributed by atoms with E-state index in [1.807, 2.05) is 0 Å². The summed E-state index contributed by atoms with van der Waals surface area (Å²) in [5.41, 5.74) is 0.122. The number of nitrogens with one attached hydrogen (secondary N) is 1. The fourth-order valence-electron chi connectivity index (χ4n) is 3.78. The van der Waals surface area contributed by atoms with Gasteiger partial charge in [-0.3, -0.25) is 18.7 Å². The van der Waals surface area contributed by atoms with E-state index in [0.717, 1.165) is 10.6 Å². The summed E-state index contributed by atoms with van der Waals surface area (Å²) in [4.78, 5) is 37.4. The number of hydrogen-bond donors (Lipinski definition) is 1. The lowest BCUT2D eigenvalue weighted by Crippen LogP contribution is -2.37.